The lowest BCUT2D eigenvalue weighted by molar-refractivity contribution is 0.0981. The molecule has 1 aliphatic heterocycles. The molecule has 1 fully saturated rings. The van der Waals surface area contributed by atoms with E-state index in [-0.39, 0.29) is 5.78 Å². The summed E-state index contributed by atoms with van der Waals surface area (Å²) in [5, 5.41) is 0. The van der Waals surface area contributed by atoms with Crippen molar-refractivity contribution in [1.82, 2.24) is 9.80 Å². The number of ketones is 1. The van der Waals surface area contributed by atoms with Gasteiger partial charge in [0, 0.05) is 44.7 Å². The molecule has 3 heteroatoms. The quantitative estimate of drug-likeness (QED) is 0.760. The van der Waals surface area contributed by atoms with Crippen molar-refractivity contribution in [3.63, 3.8) is 0 Å². The second-order valence-electron chi connectivity index (χ2n) is 5.45. The molecule has 1 aliphatic rings. The predicted molar refractivity (Wildman–Crippen MR) is 78.5 cm³/mol. The van der Waals surface area contributed by atoms with Gasteiger partial charge in [-0.2, -0.15) is 0 Å². The summed E-state index contributed by atoms with van der Waals surface area (Å²) < 4.78 is 0. The van der Waals surface area contributed by atoms with Gasteiger partial charge in [-0.25, -0.2) is 0 Å². The first kappa shape index (κ1) is 14.2. The molecule has 0 aromatic heterocycles. The molecule has 0 aliphatic carbocycles. The van der Waals surface area contributed by atoms with Crippen LogP contribution in [0.5, 0.6) is 0 Å². The summed E-state index contributed by atoms with van der Waals surface area (Å²) in [6.45, 7) is 7.59. The molecule has 3 nitrogen and oxygen atoms in total. The molecule has 1 aromatic rings. The molecule has 0 saturated carbocycles. The topological polar surface area (TPSA) is 23.6 Å². The van der Waals surface area contributed by atoms with Crippen LogP contribution in [0, 0.1) is 0 Å². The second kappa shape index (κ2) is 6.83. The summed E-state index contributed by atoms with van der Waals surface area (Å²) >= 11 is 0. The van der Waals surface area contributed by atoms with E-state index >= 15 is 0 Å². The van der Waals surface area contributed by atoms with Gasteiger partial charge in [-0.15, -0.1) is 0 Å². The van der Waals surface area contributed by atoms with Gasteiger partial charge in [0.1, 0.15) is 0 Å². The van der Waals surface area contributed by atoms with E-state index in [1.54, 1.807) is 0 Å². The number of benzene rings is 1. The second-order valence-corrected chi connectivity index (χ2v) is 5.45. The zero-order valence-corrected chi connectivity index (χ0v) is 12.1. The molecule has 0 spiro atoms. The Bertz CT molecular complexity index is 405. The van der Waals surface area contributed by atoms with Gasteiger partial charge < -0.3 is 4.90 Å². The molecule has 0 bridgehead atoms. The normalized spacial score (nSPS) is 17.6. The number of Topliss-reactive ketones (excluding diaryl/α,β-unsaturated/α-hetero) is 1. The molecule has 1 aromatic carbocycles. The SMILES string of the molecule is CCCC(=O)c1ccc(CN2CCN(C)CC2)cc1. The molecular formula is C16H24N2O. The lowest BCUT2D eigenvalue weighted by atomic mass is 10.0. The number of carbonyl (C=O) groups is 1. The summed E-state index contributed by atoms with van der Waals surface area (Å²) in [4.78, 5) is 16.6. The molecule has 0 radical (unpaired) electrons. The van der Waals surface area contributed by atoms with Crippen molar-refractivity contribution in [3.05, 3.63) is 35.4 Å². The lowest BCUT2D eigenvalue weighted by Crippen LogP contribution is -2.43. The van der Waals surface area contributed by atoms with E-state index in [1.165, 1.54) is 5.56 Å². The fraction of sp³-hybridized carbons (Fsp3) is 0.562. The monoisotopic (exact) mass is 260 g/mol. The molecule has 1 heterocycles. The summed E-state index contributed by atoms with van der Waals surface area (Å²) in [7, 11) is 2.17. The van der Waals surface area contributed by atoms with Crippen molar-refractivity contribution in [3.8, 4) is 0 Å². The van der Waals surface area contributed by atoms with Crippen LogP contribution in [0.15, 0.2) is 24.3 Å². The van der Waals surface area contributed by atoms with Gasteiger partial charge in [-0.1, -0.05) is 31.2 Å². The Morgan fingerprint density at radius 1 is 1.11 bits per heavy atom. The van der Waals surface area contributed by atoms with E-state index in [1.807, 2.05) is 19.1 Å². The van der Waals surface area contributed by atoms with E-state index in [9.17, 15) is 4.79 Å². The highest BCUT2D eigenvalue weighted by Gasteiger charge is 2.13. The summed E-state index contributed by atoms with van der Waals surface area (Å²) in [6, 6.07) is 8.15. The van der Waals surface area contributed by atoms with Gasteiger partial charge >= 0.3 is 0 Å². The Morgan fingerprint density at radius 3 is 2.32 bits per heavy atom. The van der Waals surface area contributed by atoms with E-state index in [4.69, 9.17) is 0 Å². The largest absolute Gasteiger partial charge is 0.304 e. The Labute approximate surface area is 116 Å². The first-order valence-electron chi connectivity index (χ1n) is 7.22. The minimum Gasteiger partial charge on any atom is -0.304 e. The van der Waals surface area contributed by atoms with Crippen LogP contribution in [0.4, 0.5) is 0 Å². The third-order valence-electron chi connectivity index (χ3n) is 3.76. The summed E-state index contributed by atoms with van der Waals surface area (Å²) in [5.41, 5.74) is 2.15. The van der Waals surface area contributed by atoms with Gasteiger partial charge in [0.25, 0.3) is 0 Å². The average molecular weight is 260 g/mol. The van der Waals surface area contributed by atoms with Gasteiger partial charge in [-0.05, 0) is 19.0 Å². The predicted octanol–water partition coefficient (Wildman–Crippen LogP) is 2.42. The van der Waals surface area contributed by atoms with Crippen LogP contribution in [-0.4, -0.2) is 48.8 Å². The molecular weight excluding hydrogens is 236 g/mol. The van der Waals surface area contributed by atoms with Crippen LogP contribution in [0.25, 0.3) is 0 Å². The zero-order chi connectivity index (χ0) is 13.7. The van der Waals surface area contributed by atoms with Crippen LogP contribution in [0.3, 0.4) is 0 Å². The Morgan fingerprint density at radius 2 is 1.74 bits per heavy atom. The Balaban J connectivity index is 1.90. The number of hydrogen-bond acceptors (Lipinski definition) is 3. The third kappa shape index (κ3) is 4.15. The van der Waals surface area contributed by atoms with Crippen molar-refractivity contribution in [2.45, 2.75) is 26.3 Å². The minimum atomic E-state index is 0.258. The van der Waals surface area contributed by atoms with Crippen molar-refractivity contribution in [1.29, 1.82) is 0 Å². The fourth-order valence-electron chi connectivity index (χ4n) is 2.43. The maximum Gasteiger partial charge on any atom is 0.162 e. The highest BCUT2D eigenvalue weighted by Crippen LogP contribution is 2.11. The standard InChI is InChI=1S/C16H24N2O/c1-3-4-16(19)15-7-5-14(6-8-15)13-18-11-9-17(2)10-12-18/h5-8H,3-4,9-13H2,1-2H3. The third-order valence-corrected chi connectivity index (χ3v) is 3.76. The molecule has 104 valence electrons. The number of likely N-dealkylation sites (N-methyl/N-ethyl adjacent to an activating group) is 1. The van der Waals surface area contributed by atoms with Crippen LogP contribution in [0.2, 0.25) is 0 Å². The van der Waals surface area contributed by atoms with Gasteiger partial charge in [0.2, 0.25) is 0 Å². The smallest absolute Gasteiger partial charge is 0.162 e. The van der Waals surface area contributed by atoms with E-state index in [2.05, 4.69) is 29.0 Å². The highest BCUT2D eigenvalue weighted by atomic mass is 16.1. The molecule has 0 atom stereocenters. The van der Waals surface area contributed by atoms with Crippen LogP contribution in [-0.2, 0) is 6.54 Å². The summed E-state index contributed by atoms with van der Waals surface area (Å²) in [5.74, 6) is 0.258. The van der Waals surface area contributed by atoms with E-state index < -0.39 is 0 Å². The number of piperazine rings is 1. The lowest BCUT2D eigenvalue weighted by Gasteiger charge is -2.32. The average Bonchev–Trinajstić information content (AvgIpc) is 2.42. The molecule has 1 saturated heterocycles. The molecule has 0 unspecified atom stereocenters. The number of hydrogen-bond donors (Lipinski definition) is 0. The molecule has 0 N–H and O–H groups in total. The summed E-state index contributed by atoms with van der Waals surface area (Å²) in [6.07, 6.45) is 1.57. The van der Waals surface area contributed by atoms with Gasteiger partial charge in [-0.3, -0.25) is 9.69 Å². The van der Waals surface area contributed by atoms with Crippen molar-refractivity contribution in [2.75, 3.05) is 33.2 Å². The van der Waals surface area contributed by atoms with Crippen molar-refractivity contribution in [2.24, 2.45) is 0 Å². The van der Waals surface area contributed by atoms with Crippen LogP contribution < -0.4 is 0 Å². The number of rotatable bonds is 5. The van der Waals surface area contributed by atoms with E-state index in [0.717, 1.165) is 44.7 Å². The first-order chi connectivity index (χ1) is 9.19. The number of carbonyl (C=O) groups excluding carboxylic acids is 1. The van der Waals surface area contributed by atoms with Gasteiger partial charge in [0.15, 0.2) is 5.78 Å². The Hall–Kier alpha value is -1.19. The maximum atomic E-state index is 11.8. The van der Waals surface area contributed by atoms with Crippen molar-refractivity contribution < 1.29 is 4.79 Å². The first-order valence-corrected chi connectivity index (χ1v) is 7.22. The molecule has 0 amide bonds. The minimum absolute atomic E-state index is 0.258. The Kier molecular flexibility index (Phi) is 5.11. The molecule has 2 rings (SSSR count). The number of nitrogens with zero attached hydrogens (tertiary/aromatic N) is 2. The highest BCUT2D eigenvalue weighted by molar-refractivity contribution is 5.95. The fourth-order valence-corrected chi connectivity index (χ4v) is 2.43. The van der Waals surface area contributed by atoms with Crippen LogP contribution in [0.1, 0.15) is 35.7 Å². The maximum absolute atomic E-state index is 11.8. The van der Waals surface area contributed by atoms with Crippen LogP contribution >= 0.6 is 0 Å². The zero-order valence-electron chi connectivity index (χ0n) is 12.1. The van der Waals surface area contributed by atoms with E-state index in [0.29, 0.717) is 6.42 Å². The molecule has 19 heavy (non-hydrogen) atoms. The van der Waals surface area contributed by atoms with Gasteiger partial charge in [0.05, 0.1) is 0 Å². The van der Waals surface area contributed by atoms with Crippen molar-refractivity contribution >= 4 is 5.78 Å².